The van der Waals surface area contributed by atoms with E-state index in [1.807, 2.05) is 0 Å². The Morgan fingerprint density at radius 2 is 1.72 bits per heavy atom. The van der Waals surface area contributed by atoms with Crippen molar-refractivity contribution in [1.29, 1.82) is 0 Å². The minimum Gasteiger partial charge on any atom is -0.496 e. The Kier molecular flexibility index (Phi) is 7.55. The summed E-state index contributed by atoms with van der Waals surface area (Å²) in [6.07, 6.45) is 7.84. The van der Waals surface area contributed by atoms with Crippen LogP contribution in [0.5, 0.6) is 11.5 Å². The molecule has 0 saturated heterocycles. The molecule has 0 radical (unpaired) electrons. The van der Waals surface area contributed by atoms with Crippen LogP contribution < -0.4 is 20.1 Å². The summed E-state index contributed by atoms with van der Waals surface area (Å²) in [5.74, 6) is -1.61. The number of carboxylic acid groups (broad SMARTS) is 1. The molecule has 3 N–H and O–H groups in total. The fourth-order valence-electron chi connectivity index (χ4n) is 7.19. The van der Waals surface area contributed by atoms with Gasteiger partial charge >= 0.3 is 5.97 Å². The molecule has 0 aromatic heterocycles. The van der Waals surface area contributed by atoms with Crippen molar-refractivity contribution >= 4 is 17.8 Å². The fraction of sp³-hybridized carbons (Fsp3) is 0.700. The van der Waals surface area contributed by atoms with Gasteiger partial charge in [-0.2, -0.15) is 0 Å². The predicted molar refractivity (Wildman–Crippen MR) is 142 cm³/mol. The highest BCUT2D eigenvalue weighted by atomic mass is 19.1. The van der Waals surface area contributed by atoms with Gasteiger partial charge in [0.15, 0.2) is 11.6 Å². The number of fused-ring (bicyclic) bond motifs is 2. The van der Waals surface area contributed by atoms with Gasteiger partial charge in [-0.3, -0.25) is 14.4 Å². The molecule has 4 atom stereocenters. The zero-order chi connectivity index (χ0) is 27.9. The van der Waals surface area contributed by atoms with Gasteiger partial charge in [-0.1, -0.05) is 13.3 Å². The minimum atomic E-state index is -0.833. The predicted octanol–water partition coefficient (Wildman–Crippen LogP) is 4.70. The average Bonchev–Trinajstić information content (AvgIpc) is 3.50. The third-order valence-electron chi connectivity index (χ3n) is 10.1. The summed E-state index contributed by atoms with van der Waals surface area (Å²) in [5, 5.41) is 15.8. The number of methoxy groups -OCH3 is 1. The van der Waals surface area contributed by atoms with Gasteiger partial charge in [0.25, 0.3) is 5.91 Å². The summed E-state index contributed by atoms with van der Waals surface area (Å²) in [4.78, 5) is 38.4. The number of nitrogens with one attached hydrogen (secondary N) is 2. The van der Waals surface area contributed by atoms with E-state index < -0.39 is 23.1 Å². The molecule has 0 unspecified atom stereocenters. The SMILES string of the molecule is COc1cc(F)c(O[C@H]2CC[C@@](C)(C(=O)O)CC2)cc1C(=O)N[C@H]1[C@@H]2CC[C@@H](C2)[C@H]1C(=O)NCC1(C)CCC1. The Labute approximate surface area is 229 Å². The van der Waals surface area contributed by atoms with Crippen LogP contribution in [0.15, 0.2) is 12.1 Å². The van der Waals surface area contributed by atoms with Gasteiger partial charge in [0, 0.05) is 18.7 Å². The maximum absolute atomic E-state index is 14.9. The number of amides is 2. The smallest absolute Gasteiger partial charge is 0.309 e. The van der Waals surface area contributed by atoms with E-state index in [1.165, 1.54) is 19.6 Å². The lowest BCUT2D eigenvalue weighted by Gasteiger charge is -2.39. The van der Waals surface area contributed by atoms with E-state index in [2.05, 4.69) is 17.6 Å². The van der Waals surface area contributed by atoms with Gasteiger partial charge in [0.05, 0.1) is 30.1 Å². The highest BCUT2D eigenvalue weighted by Gasteiger charge is 2.51. The number of aliphatic carboxylic acids is 1. The number of benzene rings is 1. The van der Waals surface area contributed by atoms with Crippen LogP contribution >= 0.6 is 0 Å². The van der Waals surface area contributed by atoms with Gasteiger partial charge in [-0.25, -0.2) is 4.39 Å². The van der Waals surface area contributed by atoms with Crippen LogP contribution in [0.3, 0.4) is 0 Å². The van der Waals surface area contributed by atoms with Gasteiger partial charge in [-0.15, -0.1) is 0 Å². The van der Waals surface area contributed by atoms with Crippen molar-refractivity contribution < 1.29 is 33.4 Å². The van der Waals surface area contributed by atoms with Crippen LogP contribution in [-0.4, -0.2) is 48.7 Å². The maximum atomic E-state index is 14.9. The van der Waals surface area contributed by atoms with Crippen molar-refractivity contribution in [3.8, 4) is 11.5 Å². The van der Waals surface area contributed by atoms with E-state index in [9.17, 15) is 23.9 Å². The average molecular weight is 545 g/mol. The van der Waals surface area contributed by atoms with Crippen LogP contribution in [0.4, 0.5) is 4.39 Å². The van der Waals surface area contributed by atoms with Gasteiger partial charge in [-0.05, 0) is 88.0 Å². The Morgan fingerprint density at radius 1 is 1.03 bits per heavy atom. The Bertz CT molecular complexity index is 1130. The molecule has 9 heteroatoms. The summed E-state index contributed by atoms with van der Waals surface area (Å²) in [6, 6.07) is 2.24. The molecule has 5 rings (SSSR count). The molecule has 0 heterocycles. The molecule has 2 bridgehead atoms. The maximum Gasteiger partial charge on any atom is 0.309 e. The van der Waals surface area contributed by atoms with Crippen LogP contribution in [0.2, 0.25) is 0 Å². The zero-order valence-corrected chi connectivity index (χ0v) is 23.2. The minimum absolute atomic E-state index is 0.0152. The second-order valence-electron chi connectivity index (χ2n) is 12.9. The number of carbonyl (C=O) groups is 3. The van der Waals surface area contributed by atoms with E-state index in [0.717, 1.165) is 38.2 Å². The lowest BCUT2D eigenvalue weighted by atomic mass is 9.70. The number of carbonyl (C=O) groups excluding carboxylic acids is 2. The number of halogens is 1. The molecule has 39 heavy (non-hydrogen) atoms. The van der Waals surface area contributed by atoms with Crippen LogP contribution in [-0.2, 0) is 9.59 Å². The molecule has 214 valence electrons. The highest BCUT2D eigenvalue weighted by molar-refractivity contribution is 5.98. The highest BCUT2D eigenvalue weighted by Crippen LogP contribution is 2.49. The first-order chi connectivity index (χ1) is 18.5. The molecule has 2 amide bonds. The van der Waals surface area contributed by atoms with Crippen molar-refractivity contribution in [3.05, 3.63) is 23.5 Å². The molecule has 8 nitrogen and oxygen atoms in total. The number of hydrogen-bond donors (Lipinski definition) is 3. The summed E-state index contributed by atoms with van der Waals surface area (Å²) < 4.78 is 26.2. The zero-order valence-electron chi connectivity index (χ0n) is 23.2. The Balaban J connectivity index is 1.28. The molecule has 0 aliphatic heterocycles. The molecule has 4 aliphatic rings. The molecular weight excluding hydrogens is 503 g/mol. The third kappa shape index (κ3) is 5.46. The van der Waals surface area contributed by atoms with Gasteiger partial charge in [0.2, 0.25) is 5.91 Å². The van der Waals surface area contributed by atoms with Crippen LogP contribution in [0.1, 0.15) is 88.4 Å². The van der Waals surface area contributed by atoms with Crippen LogP contribution in [0, 0.1) is 34.4 Å². The van der Waals surface area contributed by atoms with E-state index in [1.54, 1.807) is 6.92 Å². The van der Waals surface area contributed by atoms with Crippen molar-refractivity contribution in [2.75, 3.05) is 13.7 Å². The number of ether oxygens (including phenoxy) is 2. The molecule has 4 saturated carbocycles. The number of hydrogen-bond acceptors (Lipinski definition) is 5. The van der Waals surface area contributed by atoms with Crippen LogP contribution in [0.25, 0.3) is 0 Å². The van der Waals surface area contributed by atoms with Gasteiger partial charge < -0.3 is 25.2 Å². The van der Waals surface area contributed by atoms with Crippen molar-refractivity contribution in [2.24, 2.45) is 28.6 Å². The van der Waals surface area contributed by atoms with Crippen molar-refractivity contribution in [1.82, 2.24) is 10.6 Å². The third-order valence-corrected chi connectivity index (χ3v) is 10.1. The van der Waals surface area contributed by atoms with E-state index in [0.29, 0.717) is 32.2 Å². The normalized spacial score (nSPS) is 32.7. The van der Waals surface area contributed by atoms with Gasteiger partial charge in [0.1, 0.15) is 5.75 Å². The largest absolute Gasteiger partial charge is 0.496 e. The molecule has 4 fully saturated rings. The lowest BCUT2D eigenvalue weighted by Crippen LogP contribution is -2.51. The molecule has 4 aliphatic carbocycles. The quantitative estimate of drug-likeness (QED) is 0.415. The first-order valence-corrected chi connectivity index (χ1v) is 14.4. The first-order valence-electron chi connectivity index (χ1n) is 14.4. The number of rotatable bonds is 9. The fourth-order valence-corrected chi connectivity index (χ4v) is 7.19. The monoisotopic (exact) mass is 544 g/mol. The molecular formula is C30H41FN2O6. The molecule has 0 spiro atoms. The summed E-state index contributed by atoms with van der Waals surface area (Å²) in [6.45, 7) is 4.59. The van der Waals surface area contributed by atoms with Crippen molar-refractivity contribution in [2.45, 2.75) is 90.2 Å². The standard InChI is InChI=1S/C30H41FN2O6/c1-29(9-4-10-29)16-32-27(35)24-17-5-6-18(13-17)25(24)33-26(34)20-14-23(21(31)15-22(20)38-3)39-19-7-11-30(2,12-8-19)28(36)37/h14-15,17-19,24-25H,4-13,16H2,1-3H3,(H,32,35)(H,33,34)(H,36,37)/t17-,18+,19-,24+,25-,30+/m0/s1. The summed E-state index contributed by atoms with van der Waals surface area (Å²) >= 11 is 0. The summed E-state index contributed by atoms with van der Waals surface area (Å²) in [7, 11) is 1.38. The van der Waals surface area contributed by atoms with Crippen molar-refractivity contribution in [3.63, 3.8) is 0 Å². The second-order valence-corrected chi connectivity index (χ2v) is 12.9. The Morgan fingerprint density at radius 3 is 2.33 bits per heavy atom. The van der Waals surface area contributed by atoms with E-state index >= 15 is 0 Å². The first kappa shape index (κ1) is 27.7. The Hall–Kier alpha value is -2.84. The number of carboxylic acids is 1. The second kappa shape index (κ2) is 10.6. The lowest BCUT2D eigenvalue weighted by molar-refractivity contribution is -0.150. The molecule has 1 aromatic rings. The molecule has 1 aromatic carbocycles. The summed E-state index contributed by atoms with van der Waals surface area (Å²) in [5.41, 5.74) is -0.472. The van der Waals surface area contributed by atoms with E-state index in [4.69, 9.17) is 9.47 Å². The topological polar surface area (TPSA) is 114 Å². The van der Waals surface area contributed by atoms with E-state index in [-0.39, 0.29) is 58.3 Å².